The van der Waals surface area contributed by atoms with E-state index in [2.05, 4.69) is 214 Å². The maximum atomic E-state index is 5.41. The molecule has 63 heavy (non-hydrogen) atoms. The quantitative estimate of drug-likeness (QED) is 0.157. The van der Waals surface area contributed by atoms with Crippen LogP contribution in [0.5, 0.6) is 0 Å². The molecule has 2 aromatic heterocycles. The van der Waals surface area contributed by atoms with E-state index in [9.17, 15) is 0 Å². The Bertz CT molecular complexity index is 3550. The van der Waals surface area contributed by atoms with E-state index >= 15 is 0 Å². The van der Waals surface area contributed by atoms with Gasteiger partial charge in [0.2, 0.25) is 0 Å². The summed E-state index contributed by atoms with van der Waals surface area (Å²) in [6.07, 6.45) is 0. The summed E-state index contributed by atoms with van der Waals surface area (Å²) in [5, 5.41) is 5.98. The van der Waals surface area contributed by atoms with Crippen LogP contribution < -0.4 is 0 Å². The number of fused-ring (bicyclic) bond motifs is 7. The van der Waals surface area contributed by atoms with Crippen LogP contribution in [0.25, 0.3) is 111 Å². The molecule has 0 radical (unpaired) electrons. The first-order valence-corrected chi connectivity index (χ1v) is 21.7. The lowest BCUT2D eigenvalue weighted by atomic mass is 9.78. The van der Waals surface area contributed by atoms with Crippen LogP contribution in [-0.2, 0) is 5.41 Å². The fourth-order valence-electron chi connectivity index (χ4n) is 10.0. The molecule has 296 valence electrons. The van der Waals surface area contributed by atoms with Crippen molar-refractivity contribution in [1.82, 2.24) is 15.0 Å². The van der Waals surface area contributed by atoms with Gasteiger partial charge in [0.05, 0.1) is 22.6 Å². The molecule has 0 unspecified atom stereocenters. The summed E-state index contributed by atoms with van der Waals surface area (Å²) in [6, 6.07) is 75.9. The van der Waals surface area contributed by atoms with E-state index in [0.717, 1.165) is 55.8 Å². The van der Waals surface area contributed by atoms with E-state index in [0.29, 0.717) is 5.82 Å². The van der Waals surface area contributed by atoms with Gasteiger partial charge in [-0.15, -0.1) is 0 Å². The van der Waals surface area contributed by atoms with Crippen LogP contribution in [0.15, 0.2) is 212 Å². The molecule has 11 aromatic rings. The Labute approximate surface area is 367 Å². The van der Waals surface area contributed by atoms with Crippen LogP contribution in [0.4, 0.5) is 0 Å². The van der Waals surface area contributed by atoms with Gasteiger partial charge in [-0.05, 0) is 78.2 Å². The summed E-state index contributed by atoms with van der Waals surface area (Å²) in [5.74, 6) is 0.698. The van der Waals surface area contributed by atoms with Gasteiger partial charge < -0.3 is 0 Å². The van der Waals surface area contributed by atoms with Crippen molar-refractivity contribution in [2.75, 3.05) is 0 Å². The highest BCUT2D eigenvalue weighted by molar-refractivity contribution is 6.16. The van der Waals surface area contributed by atoms with Gasteiger partial charge in [-0.3, -0.25) is 0 Å². The summed E-state index contributed by atoms with van der Waals surface area (Å²) in [4.78, 5) is 15.8. The minimum atomic E-state index is -0.225. The lowest BCUT2D eigenvalue weighted by Crippen LogP contribution is -2.16. The second-order valence-electron chi connectivity index (χ2n) is 17.1. The fourth-order valence-corrected chi connectivity index (χ4v) is 10.0. The largest absolute Gasteiger partial charge is 0.247 e. The lowest BCUT2D eigenvalue weighted by molar-refractivity contribution is 0.662. The van der Waals surface area contributed by atoms with Crippen molar-refractivity contribution in [2.24, 2.45) is 0 Å². The molecule has 1 aliphatic carbocycles. The van der Waals surface area contributed by atoms with Crippen LogP contribution in [0, 0.1) is 0 Å². The molecule has 0 saturated heterocycles. The zero-order valence-electron chi connectivity index (χ0n) is 35.0. The van der Waals surface area contributed by atoms with Gasteiger partial charge in [-0.1, -0.05) is 214 Å². The third-order valence-corrected chi connectivity index (χ3v) is 13.1. The second-order valence-corrected chi connectivity index (χ2v) is 17.1. The minimum Gasteiger partial charge on any atom is -0.247 e. The molecule has 0 atom stereocenters. The van der Waals surface area contributed by atoms with Crippen LogP contribution in [0.2, 0.25) is 0 Å². The second kappa shape index (κ2) is 14.6. The average molecular weight is 804 g/mol. The molecule has 0 spiro atoms. The Kier molecular flexibility index (Phi) is 8.52. The maximum Gasteiger partial charge on any atom is 0.160 e. The summed E-state index contributed by atoms with van der Waals surface area (Å²) in [5.41, 5.74) is 17.7. The zero-order chi connectivity index (χ0) is 42.1. The van der Waals surface area contributed by atoms with Crippen LogP contribution in [0.1, 0.15) is 25.0 Å². The molecule has 12 rings (SSSR count). The summed E-state index contributed by atoms with van der Waals surface area (Å²) < 4.78 is 0. The Morgan fingerprint density at radius 2 is 0.921 bits per heavy atom. The number of benzene rings is 9. The summed E-state index contributed by atoms with van der Waals surface area (Å²) >= 11 is 0. The molecule has 9 aromatic carbocycles. The Hall–Kier alpha value is -8.01. The Balaban J connectivity index is 0.989. The number of aromatic nitrogens is 3. The molecular formula is C60H41N3. The highest BCUT2D eigenvalue weighted by Crippen LogP contribution is 2.54. The summed E-state index contributed by atoms with van der Waals surface area (Å²) in [7, 11) is 0. The van der Waals surface area contributed by atoms with Crippen molar-refractivity contribution < 1.29 is 0 Å². The number of hydrogen-bond donors (Lipinski definition) is 0. The van der Waals surface area contributed by atoms with Crippen molar-refractivity contribution in [3.63, 3.8) is 0 Å². The first kappa shape index (κ1) is 36.8. The van der Waals surface area contributed by atoms with E-state index < -0.39 is 0 Å². The van der Waals surface area contributed by atoms with Crippen molar-refractivity contribution in [3.05, 3.63) is 223 Å². The van der Waals surface area contributed by atoms with E-state index in [1.165, 1.54) is 60.5 Å². The fraction of sp³-hybridized carbons (Fsp3) is 0.0500. The van der Waals surface area contributed by atoms with Gasteiger partial charge >= 0.3 is 0 Å². The first-order chi connectivity index (χ1) is 31.0. The van der Waals surface area contributed by atoms with E-state index in [1.807, 2.05) is 12.1 Å². The highest BCUT2D eigenvalue weighted by atomic mass is 14.9. The third-order valence-electron chi connectivity index (χ3n) is 13.1. The predicted octanol–water partition coefficient (Wildman–Crippen LogP) is 15.6. The maximum absolute atomic E-state index is 5.41. The number of pyridine rings is 1. The Morgan fingerprint density at radius 1 is 0.365 bits per heavy atom. The molecular weight excluding hydrogens is 763 g/mol. The average Bonchev–Trinajstić information content (AvgIpc) is 3.58. The van der Waals surface area contributed by atoms with Gasteiger partial charge in [0.1, 0.15) is 0 Å². The zero-order valence-corrected chi connectivity index (χ0v) is 35.0. The predicted molar refractivity (Wildman–Crippen MR) is 263 cm³/mol. The molecule has 3 nitrogen and oxygen atoms in total. The first-order valence-electron chi connectivity index (χ1n) is 21.7. The lowest BCUT2D eigenvalue weighted by Gasteiger charge is -2.26. The molecule has 2 heterocycles. The monoisotopic (exact) mass is 803 g/mol. The van der Waals surface area contributed by atoms with Gasteiger partial charge in [-0.2, -0.15) is 0 Å². The number of hydrogen-bond acceptors (Lipinski definition) is 3. The van der Waals surface area contributed by atoms with Crippen LogP contribution in [-0.4, -0.2) is 15.0 Å². The normalized spacial score (nSPS) is 12.7. The summed E-state index contributed by atoms with van der Waals surface area (Å²) in [6.45, 7) is 4.71. The SMILES string of the molecule is CC1(C)c2ccccc2-c2nc3ccc4ccccc4c3c(-c3ccc(-c4ccc(-c5cc(-c6ccccc6)nc(-c6ccc(-c7ccccc7)cc6)n5)c5ccccc45)cc3)c21. The standard InChI is InChI=1S/C60H41N3/c1-60(2)51-24-14-13-23-50(51)58-57(60)55(56-46-20-10-9-17-40(46)33-36-52(56)61-58)43-29-27-41(28-30-43)45-34-35-49(48-22-12-11-21-47(45)48)54-37-53(42-18-7-4-8-19-42)62-59(63-54)44-31-25-39(26-32-44)38-15-5-3-6-16-38/h3-37H,1-2H3. The van der Waals surface area contributed by atoms with Gasteiger partial charge in [-0.25, -0.2) is 15.0 Å². The van der Waals surface area contributed by atoms with E-state index in [1.54, 1.807) is 0 Å². The Morgan fingerprint density at radius 3 is 1.68 bits per heavy atom. The van der Waals surface area contributed by atoms with Gasteiger partial charge in [0, 0.05) is 33.1 Å². The smallest absolute Gasteiger partial charge is 0.160 e. The van der Waals surface area contributed by atoms with Crippen molar-refractivity contribution in [1.29, 1.82) is 0 Å². The molecule has 0 aliphatic heterocycles. The van der Waals surface area contributed by atoms with Crippen molar-refractivity contribution >= 4 is 32.4 Å². The topological polar surface area (TPSA) is 38.7 Å². The number of nitrogens with zero attached hydrogens (tertiary/aromatic N) is 3. The highest BCUT2D eigenvalue weighted by Gasteiger charge is 2.39. The van der Waals surface area contributed by atoms with Gasteiger partial charge in [0.15, 0.2) is 5.82 Å². The molecule has 0 amide bonds. The molecule has 0 fully saturated rings. The molecule has 0 N–H and O–H groups in total. The van der Waals surface area contributed by atoms with Crippen molar-refractivity contribution in [3.8, 4) is 78.5 Å². The van der Waals surface area contributed by atoms with Crippen LogP contribution in [0.3, 0.4) is 0 Å². The molecule has 0 bridgehead atoms. The molecule has 1 aliphatic rings. The van der Waals surface area contributed by atoms with Crippen molar-refractivity contribution in [2.45, 2.75) is 19.3 Å². The van der Waals surface area contributed by atoms with E-state index in [4.69, 9.17) is 15.0 Å². The third kappa shape index (κ3) is 6.07. The minimum absolute atomic E-state index is 0.225. The van der Waals surface area contributed by atoms with Crippen LogP contribution >= 0.6 is 0 Å². The van der Waals surface area contributed by atoms with Gasteiger partial charge in [0.25, 0.3) is 0 Å². The molecule has 3 heteroatoms. The molecule has 0 saturated carbocycles. The number of rotatable bonds is 6. The van der Waals surface area contributed by atoms with E-state index in [-0.39, 0.29) is 5.41 Å².